The largest absolute Gasteiger partial charge is 0.338 e. The number of nitrogens with zero attached hydrogens (tertiary/aromatic N) is 4. The van der Waals surface area contributed by atoms with Crippen molar-refractivity contribution in [1.29, 1.82) is 0 Å². The van der Waals surface area contributed by atoms with E-state index in [2.05, 4.69) is 21.5 Å². The quantitative estimate of drug-likeness (QED) is 0.447. The molecule has 0 unspecified atom stereocenters. The third-order valence-electron chi connectivity index (χ3n) is 4.87. The second kappa shape index (κ2) is 13.1. The summed E-state index contributed by atoms with van der Waals surface area (Å²) in [6.07, 6.45) is 19.4. The van der Waals surface area contributed by atoms with Crippen LogP contribution in [0.1, 0.15) is 70.3 Å². The van der Waals surface area contributed by atoms with Crippen molar-refractivity contribution in [3.63, 3.8) is 0 Å². The van der Waals surface area contributed by atoms with Gasteiger partial charge in [-0.1, -0.05) is 45.4 Å². The van der Waals surface area contributed by atoms with Gasteiger partial charge in [-0.15, -0.1) is 0 Å². The van der Waals surface area contributed by atoms with E-state index >= 15 is 0 Å². The zero-order valence-electron chi connectivity index (χ0n) is 16.7. The number of hydrogen-bond acceptors (Lipinski definition) is 3. The maximum absolute atomic E-state index is 12.8. The van der Waals surface area contributed by atoms with Crippen molar-refractivity contribution in [1.82, 2.24) is 19.4 Å². The fraction of sp³-hybridized carbons (Fsp3) is 0.591. The van der Waals surface area contributed by atoms with Crippen molar-refractivity contribution >= 4 is 5.91 Å². The van der Waals surface area contributed by atoms with Crippen molar-refractivity contribution < 1.29 is 4.79 Å². The predicted molar refractivity (Wildman–Crippen MR) is 109 cm³/mol. The van der Waals surface area contributed by atoms with E-state index in [1.807, 2.05) is 29.6 Å². The number of aromatic nitrogens is 3. The minimum absolute atomic E-state index is 0.269. The lowest BCUT2D eigenvalue weighted by molar-refractivity contribution is -0.132. The molecule has 2 aromatic rings. The van der Waals surface area contributed by atoms with E-state index in [0.29, 0.717) is 13.0 Å². The van der Waals surface area contributed by atoms with Crippen LogP contribution >= 0.6 is 0 Å². The third-order valence-corrected chi connectivity index (χ3v) is 4.87. The van der Waals surface area contributed by atoms with Gasteiger partial charge in [0.1, 0.15) is 0 Å². The first kappa shape index (κ1) is 21.1. The highest BCUT2D eigenvalue weighted by atomic mass is 16.2. The Morgan fingerprint density at radius 2 is 1.70 bits per heavy atom. The first-order valence-electron chi connectivity index (χ1n) is 10.4. The van der Waals surface area contributed by atoms with Crippen LogP contribution in [0, 0.1) is 0 Å². The monoisotopic (exact) mass is 370 g/mol. The zero-order chi connectivity index (χ0) is 19.2. The molecule has 0 aromatic carbocycles. The summed E-state index contributed by atoms with van der Waals surface area (Å²) in [5.41, 5.74) is 1.14. The van der Waals surface area contributed by atoms with Crippen LogP contribution in [0.4, 0.5) is 0 Å². The van der Waals surface area contributed by atoms with Gasteiger partial charge in [0.25, 0.3) is 0 Å². The first-order chi connectivity index (χ1) is 13.3. The summed E-state index contributed by atoms with van der Waals surface area (Å²) in [4.78, 5) is 22.9. The van der Waals surface area contributed by atoms with Crippen LogP contribution < -0.4 is 0 Å². The highest BCUT2D eigenvalue weighted by Gasteiger charge is 2.13. The van der Waals surface area contributed by atoms with Crippen molar-refractivity contribution in [3.05, 3.63) is 48.8 Å². The van der Waals surface area contributed by atoms with Crippen molar-refractivity contribution in [2.45, 2.75) is 77.8 Å². The molecule has 27 heavy (non-hydrogen) atoms. The third kappa shape index (κ3) is 8.85. The van der Waals surface area contributed by atoms with Crippen LogP contribution in [-0.4, -0.2) is 31.9 Å². The molecule has 2 aromatic heterocycles. The van der Waals surface area contributed by atoms with E-state index in [-0.39, 0.29) is 5.91 Å². The van der Waals surface area contributed by atoms with Crippen LogP contribution in [0.15, 0.2) is 43.2 Å². The molecule has 1 amide bonds. The molecule has 2 heterocycles. The zero-order valence-corrected chi connectivity index (χ0v) is 16.7. The molecule has 0 atom stereocenters. The lowest BCUT2D eigenvalue weighted by Crippen LogP contribution is -2.31. The molecule has 0 aliphatic rings. The second-order valence-electron chi connectivity index (χ2n) is 7.20. The lowest BCUT2D eigenvalue weighted by atomic mass is 10.1. The van der Waals surface area contributed by atoms with Gasteiger partial charge in [-0.25, -0.2) is 4.98 Å². The Labute approximate surface area is 163 Å². The minimum atomic E-state index is 0.269. The van der Waals surface area contributed by atoms with E-state index < -0.39 is 0 Å². The van der Waals surface area contributed by atoms with Gasteiger partial charge in [0.2, 0.25) is 5.91 Å². The lowest BCUT2D eigenvalue weighted by Gasteiger charge is -2.23. The van der Waals surface area contributed by atoms with Gasteiger partial charge in [-0.3, -0.25) is 9.78 Å². The molecule has 148 valence electrons. The maximum atomic E-state index is 12.8. The molecule has 5 heteroatoms. The maximum Gasteiger partial charge on any atom is 0.222 e. The summed E-state index contributed by atoms with van der Waals surface area (Å²) >= 11 is 0. The molecule has 0 radical (unpaired) electrons. The summed E-state index contributed by atoms with van der Waals surface area (Å²) < 4.78 is 2.06. The molecule has 2 rings (SSSR count). The average Bonchev–Trinajstić information content (AvgIpc) is 3.20. The average molecular weight is 371 g/mol. The van der Waals surface area contributed by atoms with Crippen LogP contribution in [0.25, 0.3) is 0 Å². The normalized spacial score (nSPS) is 10.9. The summed E-state index contributed by atoms with van der Waals surface area (Å²) in [5.74, 6) is 0.269. The fourth-order valence-corrected chi connectivity index (χ4v) is 3.26. The van der Waals surface area contributed by atoms with Gasteiger partial charge >= 0.3 is 0 Å². The van der Waals surface area contributed by atoms with E-state index in [1.165, 1.54) is 32.1 Å². The molecule has 0 aliphatic heterocycles. The Bertz CT molecular complexity index is 613. The SMILES string of the molecule is CCCCCCCCCC(=O)N(CCCn1ccnc1)Cc1ccncc1. The molecular formula is C22H34N4O. The van der Waals surface area contributed by atoms with Crippen molar-refractivity contribution in [2.24, 2.45) is 0 Å². The number of unbranched alkanes of at least 4 members (excludes halogenated alkanes) is 6. The predicted octanol–water partition coefficient (Wildman–Crippen LogP) is 4.84. The molecular weight excluding hydrogens is 336 g/mol. The standard InChI is InChI=1S/C22H34N4O/c1-2-3-4-5-6-7-8-10-22(27)26(19-21-11-13-23-14-12-21)17-9-16-25-18-15-24-20-25/h11-15,18,20H,2-10,16-17,19H2,1H3. The van der Waals surface area contributed by atoms with Crippen LogP contribution in [0.2, 0.25) is 0 Å². The number of carbonyl (C=O) groups excluding carboxylic acids is 1. The van der Waals surface area contributed by atoms with Gasteiger partial charge in [0.15, 0.2) is 0 Å². The van der Waals surface area contributed by atoms with E-state index in [0.717, 1.165) is 37.9 Å². The van der Waals surface area contributed by atoms with Gasteiger partial charge in [0, 0.05) is 50.8 Å². The number of aryl methyl sites for hydroxylation is 1. The first-order valence-corrected chi connectivity index (χ1v) is 10.4. The molecule has 0 N–H and O–H groups in total. The smallest absolute Gasteiger partial charge is 0.222 e. The Morgan fingerprint density at radius 3 is 2.41 bits per heavy atom. The number of pyridine rings is 1. The highest BCUT2D eigenvalue weighted by Crippen LogP contribution is 2.12. The Hall–Kier alpha value is -2.17. The van der Waals surface area contributed by atoms with Crippen LogP contribution in [0.3, 0.4) is 0 Å². The number of hydrogen-bond donors (Lipinski definition) is 0. The fourth-order valence-electron chi connectivity index (χ4n) is 3.26. The molecule has 0 saturated heterocycles. The van der Waals surface area contributed by atoms with E-state index in [9.17, 15) is 4.79 Å². The molecule has 0 bridgehead atoms. The van der Waals surface area contributed by atoms with Gasteiger partial charge in [-0.2, -0.15) is 0 Å². The van der Waals surface area contributed by atoms with Crippen molar-refractivity contribution in [2.75, 3.05) is 6.54 Å². The number of rotatable bonds is 14. The second-order valence-corrected chi connectivity index (χ2v) is 7.20. The molecule has 0 aliphatic carbocycles. The summed E-state index contributed by atoms with van der Waals surface area (Å²) in [5, 5.41) is 0. The van der Waals surface area contributed by atoms with Crippen LogP contribution in [0.5, 0.6) is 0 Å². The van der Waals surface area contributed by atoms with Crippen molar-refractivity contribution in [3.8, 4) is 0 Å². The Balaban J connectivity index is 1.76. The summed E-state index contributed by atoms with van der Waals surface area (Å²) in [6.45, 7) is 4.57. The molecule has 0 saturated carbocycles. The van der Waals surface area contributed by atoms with Gasteiger partial charge < -0.3 is 9.47 Å². The molecule has 0 spiro atoms. The van der Waals surface area contributed by atoms with Crippen LogP contribution in [-0.2, 0) is 17.9 Å². The number of imidazole rings is 1. The highest BCUT2D eigenvalue weighted by molar-refractivity contribution is 5.76. The summed E-state index contributed by atoms with van der Waals surface area (Å²) in [6, 6.07) is 3.98. The molecule has 0 fully saturated rings. The summed E-state index contributed by atoms with van der Waals surface area (Å²) in [7, 11) is 0. The Morgan fingerprint density at radius 1 is 0.963 bits per heavy atom. The number of amides is 1. The molecule has 5 nitrogen and oxygen atoms in total. The topological polar surface area (TPSA) is 51.0 Å². The number of carbonyl (C=O) groups is 1. The van der Waals surface area contributed by atoms with Gasteiger partial charge in [0.05, 0.1) is 6.33 Å². The van der Waals surface area contributed by atoms with E-state index in [4.69, 9.17) is 0 Å². The Kier molecular flexibility index (Phi) is 10.2. The van der Waals surface area contributed by atoms with E-state index in [1.54, 1.807) is 18.6 Å². The minimum Gasteiger partial charge on any atom is -0.338 e. The van der Waals surface area contributed by atoms with Gasteiger partial charge in [-0.05, 0) is 30.5 Å².